The highest BCUT2D eigenvalue weighted by Gasteiger charge is 2.46. The molecule has 2 aromatic carbocycles. The Morgan fingerprint density at radius 3 is 2.61 bits per heavy atom. The molecule has 0 unspecified atom stereocenters. The molecule has 2 aliphatic rings. The molecule has 2 aliphatic heterocycles. The molecule has 0 aromatic heterocycles. The summed E-state index contributed by atoms with van der Waals surface area (Å²) in [6.07, 6.45) is 2.70. The number of fused-ring (bicyclic) bond motifs is 1. The van der Waals surface area contributed by atoms with Crippen molar-refractivity contribution in [2.45, 2.75) is 52.2 Å². The fraction of sp³-hybridized carbons (Fsp3) is 0.467. The number of Topliss-reactive ketones (excluding diaryl/α,β-unsaturated/α-hetero) is 1. The van der Waals surface area contributed by atoms with E-state index in [9.17, 15) is 14.7 Å². The summed E-state index contributed by atoms with van der Waals surface area (Å²) in [5, 5.41) is 11.5. The molecule has 0 saturated carbocycles. The van der Waals surface area contributed by atoms with Crippen LogP contribution in [0.1, 0.15) is 56.3 Å². The zero-order valence-electron chi connectivity index (χ0n) is 23.0. The van der Waals surface area contributed by atoms with Crippen molar-refractivity contribution in [3.05, 3.63) is 58.7 Å². The second kappa shape index (κ2) is 11.9. The monoisotopic (exact) mass is 522 g/mol. The van der Waals surface area contributed by atoms with E-state index in [1.54, 1.807) is 12.1 Å². The average Bonchev–Trinajstić information content (AvgIpc) is 3.38. The maximum absolute atomic E-state index is 13.4. The zero-order chi connectivity index (χ0) is 27.4. The first-order valence-corrected chi connectivity index (χ1v) is 13.4. The second-order valence-electron chi connectivity index (χ2n) is 10.1. The van der Waals surface area contributed by atoms with Gasteiger partial charge >= 0.3 is 0 Å². The molecular weight excluding hydrogens is 484 g/mol. The first-order valence-electron chi connectivity index (χ1n) is 13.4. The zero-order valence-corrected chi connectivity index (χ0v) is 23.0. The number of unbranched alkanes of at least 4 members (excludes halogenated alkanes) is 1. The fourth-order valence-electron chi connectivity index (χ4n) is 4.90. The summed E-state index contributed by atoms with van der Waals surface area (Å²) in [7, 11) is 3.82. The van der Waals surface area contributed by atoms with Gasteiger partial charge in [-0.1, -0.05) is 19.4 Å². The standard InChI is InChI=1S/C30H38N2O6/c1-6-8-15-37-24-12-9-20(18-25(24)36-7-2)27-26(29(34)30(35)32(27)14-13-31(4)5)28(33)21-10-11-23-22(17-21)16-19(3)38-23/h9-12,17-19,27,33H,6-8,13-16H2,1-5H3/t19-,27-/m1/s1. The Morgan fingerprint density at radius 1 is 1.11 bits per heavy atom. The van der Waals surface area contributed by atoms with Gasteiger partial charge < -0.3 is 29.1 Å². The van der Waals surface area contributed by atoms with Crippen LogP contribution in [0.15, 0.2) is 42.0 Å². The van der Waals surface area contributed by atoms with Crippen LogP contribution in [-0.2, 0) is 16.0 Å². The highest BCUT2D eigenvalue weighted by atomic mass is 16.5. The molecule has 0 bridgehead atoms. The number of rotatable bonds is 11. The Hall–Kier alpha value is -3.52. The Kier molecular flexibility index (Phi) is 8.62. The normalized spacial score (nSPS) is 20.1. The minimum atomic E-state index is -0.762. The number of carbonyl (C=O) groups is 2. The Balaban J connectivity index is 1.80. The van der Waals surface area contributed by atoms with Gasteiger partial charge in [0, 0.05) is 25.1 Å². The van der Waals surface area contributed by atoms with Crippen molar-refractivity contribution in [2.24, 2.45) is 0 Å². The van der Waals surface area contributed by atoms with Gasteiger partial charge in [-0.3, -0.25) is 9.59 Å². The van der Waals surface area contributed by atoms with Crippen molar-refractivity contribution < 1.29 is 28.9 Å². The smallest absolute Gasteiger partial charge is 0.295 e. The minimum absolute atomic E-state index is 0.0501. The number of nitrogens with zero attached hydrogens (tertiary/aromatic N) is 2. The van der Waals surface area contributed by atoms with E-state index >= 15 is 0 Å². The van der Waals surface area contributed by atoms with Crippen molar-refractivity contribution in [3.8, 4) is 17.2 Å². The molecule has 1 fully saturated rings. The van der Waals surface area contributed by atoms with Crippen LogP contribution >= 0.6 is 0 Å². The maximum atomic E-state index is 13.4. The lowest BCUT2D eigenvalue weighted by atomic mass is 9.94. The average molecular weight is 523 g/mol. The molecule has 0 radical (unpaired) electrons. The largest absolute Gasteiger partial charge is 0.507 e. The van der Waals surface area contributed by atoms with E-state index in [4.69, 9.17) is 14.2 Å². The molecule has 4 rings (SSSR count). The number of ketones is 1. The van der Waals surface area contributed by atoms with Crippen LogP contribution in [0.25, 0.3) is 5.76 Å². The van der Waals surface area contributed by atoms with Gasteiger partial charge in [0.1, 0.15) is 17.6 Å². The van der Waals surface area contributed by atoms with Crippen LogP contribution in [0, 0.1) is 0 Å². The third-order valence-electron chi connectivity index (χ3n) is 6.84. The number of hydrogen-bond donors (Lipinski definition) is 1. The molecule has 38 heavy (non-hydrogen) atoms. The topological polar surface area (TPSA) is 88.5 Å². The molecule has 0 spiro atoms. The summed E-state index contributed by atoms with van der Waals surface area (Å²) in [6.45, 7) is 7.87. The molecule has 2 atom stereocenters. The summed E-state index contributed by atoms with van der Waals surface area (Å²) >= 11 is 0. The van der Waals surface area contributed by atoms with Crippen LogP contribution in [0.5, 0.6) is 17.2 Å². The summed E-state index contributed by atoms with van der Waals surface area (Å²) in [5.41, 5.74) is 2.20. The third kappa shape index (κ3) is 5.65. The summed E-state index contributed by atoms with van der Waals surface area (Å²) in [5.74, 6) is 0.418. The van der Waals surface area contributed by atoms with Crippen molar-refractivity contribution in [1.29, 1.82) is 0 Å². The van der Waals surface area contributed by atoms with E-state index in [-0.39, 0.29) is 17.4 Å². The number of amides is 1. The summed E-state index contributed by atoms with van der Waals surface area (Å²) in [4.78, 5) is 30.1. The van der Waals surface area contributed by atoms with Gasteiger partial charge in [-0.2, -0.15) is 0 Å². The van der Waals surface area contributed by atoms with E-state index in [1.807, 2.05) is 57.1 Å². The second-order valence-corrected chi connectivity index (χ2v) is 10.1. The van der Waals surface area contributed by atoms with Crippen LogP contribution in [-0.4, -0.2) is 73.1 Å². The van der Waals surface area contributed by atoms with Gasteiger partial charge in [0.25, 0.3) is 11.7 Å². The van der Waals surface area contributed by atoms with E-state index in [0.717, 1.165) is 24.2 Å². The molecule has 2 heterocycles. The molecule has 1 saturated heterocycles. The number of likely N-dealkylation sites (tertiary alicyclic amines) is 1. The van der Waals surface area contributed by atoms with Gasteiger partial charge in [0.05, 0.1) is 24.8 Å². The molecule has 8 heteroatoms. The highest BCUT2D eigenvalue weighted by molar-refractivity contribution is 6.46. The summed E-state index contributed by atoms with van der Waals surface area (Å²) in [6, 6.07) is 10.1. The van der Waals surface area contributed by atoms with Gasteiger partial charge in [0.2, 0.25) is 0 Å². The Labute approximate surface area is 224 Å². The highest BCUT2D eigenvalue weighted by Crippen LogP contribution is 2.42. The number of likely N-dealkylation sites (N-methyl/N-ethyl adjacent to an activating group) is 1. The van der Waals surface area contributed by atoms with Gasteiger partial charge in [-0.05, 0) is 75.8 Å². The molecule has 204 valence electrons. The van der Waals surface area contributed by atoms with Gasteiger partial charge in [-0.25, -0.2) is 0 Å². The first-order chi connectivity index (χ1) is 18.2. The van der Waals surface area contributed by atoms with E-state index in [2.05, 4.69) is 6.92 Å². The van der Waals surface area contributed by atoms with Crippen molar-refractivity contribution >= 4 is 17.4 Å². The molecule has 1 amide bonds. The molecule has 2 aromatic rings. The van der Waals surface area contributed by atoms with Crippen molar-refractivity contribution in [3.63, 3.8) is 0 Å². The first kappa shape index (κ1) is 27.5. The van der Waals surface area contributed by atoms with E-state index in [0.29, 0.717) is 55.4 Å². The third-order valence-corrected chi connectivity index (χ3v) is 6.84. The van der Waals surface area contributed by atoms with Crippen LogP contribution in [0.4, 0.5) is 0 Å². The van der Waals surface area contributed by atoms with Crippen molar-refractivity contribution in [2.75, 3.05) is 40.4 Å². The van der Waals surface area contributed by atoms with Crippen molar-refractivity contribution in [1.82, 2.24) is 9.80 Å². The maximum Gasteiger partial charge on any atom is 0.295 e. The number of ether oxygens (including phenoxy) is 3. The van der Waals surface area contributed by atoms with Gasteiger partial charge in [-0.15, -0.1) is 0 Å². The number of carbonyl (C=O) groups excluding carboxylic acids is 2. The fourth-order valence-corrected chi connectivity index (χ4v) is 4.90. The molecule has 0 aliphatic carbocycles. The lowest BCUT2D eigenvalue weighted by Gasteiger charge is -2.27. The molecule has 1 N–H and O–H groups in total. The minimum Gasteiger partial charge on any atom is -0.507 e. The lowest BCUT2D eigenvalue weighted by molar-refractivity contribution is -0.140. The Morgan fingerprint density at radius 2 is 1.89 bits per heavy atom. The number of benzene rings is 2. The lowest BCUT2D eigenvalue weighted by Crippen LogP contribution is -2.35. The van der Waals surface area contributed by atoms with Crippen LogP contribution in [0.3, 0.4) is 0 Å². The number of aliphatic hydroxyl groups is 1. The van der Waals surface area contributed by atoms with Gasteiger partial charge in [0.15, 0.2) is 11.5 Å². The van der Waals surface area contributed by atoms with Crippen LogP contribution < -0.4 is 14.2 Å². The predicted octanol–water partition coefficient (Wildman–Crippen LogP) is 4.57. The predicted molar refractivity (Wildman–Crippen MR) is 146 cm³/mol. The molecular formula is C30H38N2O6. The van der Waals surface area contributed by atoms with E-state index in [1.165, 1.54) is 4.90 Å². The Bertz CT molecular complexity index is 1220. The number of hydrogen-bond acceptors (Lipinski definition) is 7. The van der Waals surface area contributed by atoms with E-state index < -0.39 is 17.7 Å². The number of aliphatic hydroxyl groups excluding tert-OH is 1. The summed E-state index contributed by atoms with van der Waals surface area (Å²) < 4.78 is 17.6. The SMILES string of the molecule is CCCCOc1ccc([C@@H]2C(=C(O)c3ccc4c(c3)C[C@@H](C)O4)C(=O)C(=O)N2CCN(C)C)cc1OCC. The quantitative estimate of drug-likeness (QED) is 0.200. The molecule has 8 nitrogen and oxygen atoms in total. The van der Waals surface area contributed by atoms with Crippen LogP contribution in [0.2, 0.25) is 0 Å².